The summed E-state index contributed by atoms with van der Waals surface area (Å²) in [6, 6.07) is 81.1. The molecule has 2 heteroatoms. The third-order valence-electron chi connectivity index (χ3n) is 14.9. The van der Waals surface area contributed by atoms with Crippen LogP contribution in [0.5, 0.6) is 0 Å². The van der Waals surface area contributed by atoms with E-state index < -0.39 is 10.8 Å². The molecular weight excluding hydrogens is 767 g/mol. The van der Waals surface area contributed by atoms with Gasteiger partial charge < -0.3 is 4.57 Å². The molecule has 10 aromatic carbocycles. The van der Waals surface area contributed by atoms with Crippen molar-refractivity contribution >= 4 is 64.1 Å². The van der Waals surface area contributed by atoms with Gasteiger partial charge in [-0.3, -0.25) is 0 Å². The van der Waals surface area contributed by atoms with Crippen LogP contribution in [0, 0.1) is 0 Å². The Morgan fingerprint density at radius 1 is 0.306 bits per heavy atom. The number of nitrogens with zero attached hydrogens (tertiary/aromatic N) is 1. The third kappa shape index (κ3) is 3.75. The molecule has 0 fully saturated rings. The minimum Gasteiger partial charge on any atom is -0.308 e. The fourth-order valence-corrected chi connectivity index (χ4v) is 13.8. The standard InChI is InChI=1S/C60H35NS/c1-2-16-38-36(15-1)29-31-42-43-32-33-53-56(58(43)61(57(38)42)37-30-34-55-45(35-37)41-19-6-14-28-54(41)62-55)44-20-5-9-23-48(44)60(53)51-26-12-10-24-49(51)59(50-25-11-13-27-52(50)60)46-21-7-3-17-39(46)40-18-4-8-22-47(40)59/h1-35H. The van der Waals surface area contributed by atoms with Crippen LogP contribution in [0.2, 0.25) is 0 Å². The molecule has 0 N–H and O–H groups in total. The van der Waals surface area contributed by atoms with Crippen molar-refractivity contribution in [2.75, 3.05) is 0 Å². The van der Waals surface area contributed by atoms with Gasteiger partial charge in [0, 0.05) is 47.6 Å². The van der Waals surface area contributed by atoms with E-state index in [-0.39, 0.29) is 0 Å². The Kier molecular flexibility index (Phi) is 6.24. The van der Waals surface area contributed by atoms with Crippen molar-refractivity contribution in [2.24, 2.45) is 0 Å². The summed E-state index contributed by atoms with van der Waals surface area (Å²) in [7, 11) is 0. The lowest BCUT2D eigenvalue weighted by Gasteiger charge is -2.48. The van der Waals surface area contributed by atoms with Crippen molar-refractivity contribution in [1.82, 2.24) is 4.57 Å². The second kappa shape index (κ2) is 11.6. The molecule has 0 saturated heterocycles. The highest BCUT2D eigenvalue weighted by Gasteiger charge is 2.59. The molecule has 0 saturated carbocycles. The molecule has 3 aliphatic rings. The molecule has 0 atom stereocenters. The minimum absolute atomic E-state index is 0.472. The van der Waals surface area contributed by atoms with E-state index in [1.165, 1.54) is 125 Å². The SMILES string of the molecule is c1ccc2c(c1)-c1ccccc1C21c2ccccc2C2(c3ccccc3-c3c2ccc2c4ccc5ccccc5c4n(-c4ccc5sc6ccccc6c5c4)c32)c2ccccc21. The molecule has 0 aliphatic heterocycles. The molecule has 2 spiro atoms. The van der Waals surface area contributed by atoms with Crippen molar-refractivity contribution in [3.05, 3.63) is 257 Å². The van der Waals surface area contributed by atoms with Gasteiger partial charge >= 0.3 is 0 Å². The summed E-state index contributed by atoms with van der Waals surface area (Å²) in [5, 5.41) is 7.68. The number of thiophene rings is 1. The van der Waals surface area contributed by atoms with Crippen molar-refractivity contribution in [2.45, 2.75) is 10.8 Å². The maximum absolute atomic E-state index is 2.62. The van der Waals surface area contributed by atoms with E-state index in [9.17, 15) is 0 Å². The highest BCUT2D eigenvalue weighted by atomic mass is 32.1. The normalized spacial score (nSPS) is 14.7. The Labute approximate surface area is 362 Å². The lowest BCUT2D eigenvalue weighted by molar-refractivity contribution is 0.633. The largest absolute Gasteiger partial charge is 0.308 e. The van der Waals surface area contributed by atoms with E-state index in [2.05, 4.69) is 217 Å². The quantitative estimate of drug-likeness (QED) is 0.156. The average Bonchev–Trinajstić information content (AvgIpc) is 4.06. The van der Waals surface area contributed by atoms with Gasteiger partial charge in [0.05, 0.1) is 21.9 Å². The Balaban J connectivity index is 1.13. The molecule has 2 aromatic heterocycles. The predicted octanol–water partition coefficient (Wildman–Crippen LogP) is 15.3. The van der Waals surface area contributed by atoms with Crippen LogP contribution < -0.4 is 0 Å². The van der Waals surface area contributed by atoms with E-state index in [1.807, 2.05) is 11.3 Å². The third-order valence-corrected chi connectivity index (χ3v) is 16.0. The molecule has 0 bridgehead atoms. The Bertz CT molecular complexity index is 3860. The first kappa shape index (κ1) is 33.2. The predicted molar refractivity (Wildman–Crippen MR) is 259 cm³/mol. The number of hydrogen-bond donors (Lipinski definition) is 0. The van der Waals surface area contributed by atoms with E-state index in [1.54, 1.807) is 0 Å². The molecule has 12 aromatic rings. The zero-order chi connectivity index (χ0) is 40.3. The highest BCUT2D eigenvalue weighted by Crippen LogP contribution is 2.68. The molecule has 1 nitrogen and oxygen atoms in total. The van der Waals surface area contributed by atoms with Crippen LogP contribution in [-0.2, 0) is 10.8 Å². The second-order valence-corrected chi connectivity index (χ2v) is 18.5. The second-order valence-electron chi connectivity index (χ2n) is 17.4. The van der Waals surface area contributed by atoms with Crippen LogP contribution in [0.1, 0.15) is 44.5 Å². The Hall–Kier alpha value is -7.52. The zero-order valence-electron chi connectivity index (χ0n) is 33.6. The molecule has 0 amide bonds. The number of aromatic nitrogens is 1. The van der Waals surface area contributed by atoms with Gasteiger partial charge in [-0.1, -0.05) is 188 Å². The number of benzene rings is 10. The topological polar surface area (TPSA) is 4.93 Å². The Morgan fingerprint density at radius 3 is 1.47 bits per heavy atom. The number of hydrogen-bond acceptors (Lipinski definition) is 1. The van der Waals surface area contributed by atoms with Crippen molar-refractivity contribution in [3.8, 4) is 27.9 Å². The number of rotatable bonds is 1. The summed E-state index contributed by atoms with van der Waals surface area (Å²) in [6.07, 6.45) is 0. The van der Waals surface area contributed by atoms with Crippen molar-refractivity contribution in [1.29, 1.82) is 0 Å². The molecule has 3 aliphatic carbocycles. The summed E-state index contributed by atoms with van der Waals surface area (Å²) in [5.41, 5.74) is 18.8. The molecule has 0 unspecified atom stereocenters. The van der Waals surface area contributed by atoms with E-state index in [4.69, 9.17) is 0 Å². The lowest BCUT2D eigenvalue weighted by atomic mass is 9.52. The molecule has 0 radical (unpaired) electrons. The molecular formula is C60H35NS. The summed E-state index contributed by atoms with van der Waals surface area (Å²) >= 11 is 1.88. The summed E-state index contributed by atoms with van der Waals surface area (Å²) in [4.78, 5) is 0. The van der Waals surface area contributed by atoms with Gasteiger partial charge in [-0.15, -0.1) is 11.3 Å². The highest BCUT2D eigenvalue weighted by molar-refractivity contribution is 7.25. The molecule has 286 valence electrons. The van der Waals surface area contributed by atoms with Gasteiger partial charge in [0.15, 0.2) is 0 Å². The molecule has 15 rings (SSSR count). The monoisotopic (exact) mass is 801 g/mol. The fraction of sp³-hybridized carbons (Fsp3) is 0.0333. The van der Waals surface area contributed by atoms with Crippen molar-refractivity contribution in [3.63, 3.8) is 0 Å². The fourth-order valence-electron chi connectivity index (χ4n) is 12.7. The van der Waals surface area contributed by atoms with Gasteiger partial charge in [0.25, 0.3) is 0 Å². The maximum atomic E-state index is 2.62. The van der Waals surface area contributed by atoms with Crippen LogP contribution in [0.3, 0.4) is 0 Å². The van der Waals surface area contributed by atoms with Crippen molar-refractivity contribution < 1.29 is 0 Å². The molecule has 62 heavy (non-hydrogen) atoms. The minimum atomic E-state index is -0.568. The van der Waals surface area contributed by atoms with Crippen LogP contribution in [0.4, 0.5) is 0 Å². The first-order valence-corrected chi connectivity index (χ1v) is 22.5. The van der Waals surface area contributed by atoms with Gasteiger partial charge in [-0.05, 0) is 90.8 Å². The van der Waals surface area contributed by atoms with Crippen LogP contribution >= 0.6 is 11.3 Å². The van der Waals surface area contributed by atoms with E-state index in [0.717, 1.165) is 0 Å². The summed E-state index contributed by atoms with van der Waals surface area (Å²) in [6.45, 7) is 0. The lowest BCUT2D eigenvalue weighted by Crippen LogP contribution is -2.43. The average molecular weight is 802 g/mol. The van der Waals surface area contributed by atoms with Gasteiger partial charge in [0.1, 0.15) is 0 Å². The van der Waals surface area contributed by atoms with E-state index >= 15 is 0 Å². The first-order valence-electron chi connectivity index (χ1n) is 21.7. The van der Waals surface area contributed by atoms with Crippen LogP contribution in [-0.4, -0.2) is 4.57 Å². The van der Waals surface area contributed by atoms with Crippen LogP contribution in [0.15, 0.2) is 212 Å². The Morgan fingerprint density at radius 2 is 0.790 bits per heavy atom. The summed E-state index contributed by atoms with van der Waals surface area (Å²) < 4.78 is 5.26. The first-order chi connectivity index (χ1) is 30.8. The van der Waals surface area contributed by atoms with Gasteiger partial charge in [-0.25, -0.2) is 0 Å². The van der Waals surface area contributed by atoms with E-state index in [0.29, 0.717) is 0 Å². The van der Waals surface area contributed by atoms with Gasteiger partial charge in [0.2, 0.25) is 0 Å². The maximum Gasteiger partial charge on any atom is 0.0720 e. The molecule has 2 heterocycles. The van der Waals surface area contributed by atoms with Crippen LogP contribution in [0.25, 0.3) is 80.7 Å². The number of fused-ring (bicyclic) bond motifs is 25. The summed E-state index contributed by atoms with van der Waals surface area (Å²) in [5.74, 6) is 0. The van der Waals surface area contributed by atoms with Gasteiger partial charge in [-0.2, -0.15) is 0 Å². The smallest absolute Gasteiger partial charge is 0.0720 e. The zero-order valence-corrected chi connectivity index (χ0v) is 34.4.